The van der Waals surface area contributed by atoms with Crippen LogP contribution < -0.4 is 5.32 Å². The van der Waals surface area contributed by atoms with Gasteiger partial charge in [0.1, 0.15) is 0 Å². The third-order valence-corrected chi connectivity index (χ3v) is 3.18. The highest BCUT2D eigenvalue weighted by atomic mass is 16.5. The van der Waals surface area contributed by atoms with Crippen molar-refractivity contribution in [1.82, 2.24) is 5.32 Å². The molecule has 92 valence electrons. The van der Waals surface area contributed by atoms with Crippen LogP contribution in [0.25, 0.3) is 0 Å². The van der Waals surface area contributed by atoms with Crippen LogP contribution in [0.2, 0.25) is 0 Å². The van der Waals surface area contributed by atoms with E-state index in [0.29, 0.717) is 17.9 Å². The Hall–Kier alpha value is -0.0800. The second kappa shape index (κ2) is 9.17. The van der Waals surface area contributed by atoms with E-state index in [4.69, 9.17) is 4.74 Å². The molecule has 3 unspecified atom stereocenters. The van der Waals surface area contributed by atoms with Crippen molar-refractivity contribution in [2.45, 2.75) is 53.0 Å². The van der Waals surface area contributed by atoms with Gasteiger partial charge in [0.2, 0.25) is 0 Å². The molecule has 0 aliphatic heterocycles. The smallest absolute Gasteiger partial charge is 0.0622 e. The lowest BCUT2D eigenvalue weighted by Crippen LogP contribution is -2.36. The Bertz CT molecular complexity index is 138. The minimum Gasteiger partial charge on any atom is -0.380 e. The van der Waals surface area contributed by atoms with Crippen LogP contribution >= 0.6 is 0 Å². The van der Waals surface area contributed by atoms with Crippen molar-refractivity contribution in [2.75, 3.05) is 20.3 Å². The highest BCUT2D eigenvalue weighted by Gasteiger charge is 2.13. The van der Waals surface area contributed by atoms with Crippen molar-refractivity contribution in [3.63, 3.8) is 0 Å². The van der Waals surface area contributed by atoms with Crippen molar-refractivity contribution in [2.24, 2.45) is 11.8 Å². The summed E-state index contributed by atoms with van der Waals surface area (Å²) in [5, 5.41) is 3.33. The fourth-order valence-corrected chi connectivity index (χ4v) is 1.79. The summed E-state index contributed by atoms with van der Waals surface area (Å²) in [5.74, 6) is 1.39. The molecular weight excluding hydrogens is 186 g/mol. The van der Waals surface area contributed by atoms with E-state index in [1.165, 1.54) is 19.3 Å². The number of hydrogen-bond acceptors (Lipinski definition) is 2. The molecule has 0 aliphatic rings. The van der Waals surface area contributed by atoms with E-state index in [1.54, 1.807) is 0 Å². The van der Waals surface area contributed by atoms with E-state index in [1.807, 2.05) is 7.05 Å². The molecule has 0 saturated carbocycles. The van der Waals surface area contributed by atoms with Crippen LogP contribution in [0.4, 0.5) is 0 Å². The van der Waals surface area contributed by atoms with Crippen LogP contribution in [0.15, 0.2) is 0 Å². The molecular formula is C13H29NO. The van der Waals surface area contributed by atoms with E-state index in [0.717, 1.165) is 13.2 Å². The standard InChI is InChI=1S/C13H29NO/c1-6-8-11(3)9-15-10-13(14-5)12(4)7-2/h11-14H,6-10H2,1-5H3. The first-order chi connectivity index (χ1) is 7.15. The van der Waals surface area contributed by atoms with Gasteiger partial charge < -0.3 is 10.1 Å². The van der Waals surface area contributed by atoms with Crippen LogP contribution in [0.1, 0.15) is 47.0 Å². The molecule has 2 heteroatoms. The molecule has 0 amide bonds. The Morgan fingerprint density at radius 2 is 1.80 bits per heavy atom. The molecule has 3 atom stereocenters. The lowest BCUT2D eigenvalue weighted by molar-refractivity contribution is 0.0725. The van der Waals surface area contributed by atoms with E-state index >= 15 is 0 Å². The molecule has 0 aliphatic carbocycles. The second-order valence-corrected chi connectivity index (χ2v) is 4.71. The highest BCUT2D eigenvalue weighted by Crippen LogP contribution is 2.09. The third-order valence-electron chi connectivity index (χ3n) is 3.18. The molecule has 0 aromatic rings. The van der Waals surface area contributed by atoms with Gasteiger partial charge in [-0.25, -0.2) is 0 Å². The van der Waals surface area contributed by atoms with E-state index < -0.39 is 0 Å². The number of rotatable bonds is 9. The van der Waals surface area contributed by atoms with Gasteiger partial charge in [0, 0.05) is 12.6 Å². The fourth-order valence-electron chi connectivity index (χ4n) is 1.79. The first kappa shape index (κ1) is 14.9. The van der Waals surface area contributed by atoms with Crippen LogP contribution in [0.5, 0.6) is 0 Å². The number of ether oxygens (including phenoxy) is 1. The minimum atomic E-state index is 0.504. The van der Waals surface area contributed by atoms with Crippen molar-refractivity contribution >= 4 is 0 Å². The van der Waals surface area contributed by atoms with E-state index in [2.05, 4.69) is 33.0 Å². The van der Waals surface area contributed by atoms with Crippen LogP contribution in [0, 0.1) is 11.8 Å². The Balaban J connectivity index is 3.62. The molecule has 0 rings (SSSR count). The normalized spacial score (nSPS) is 17.4. The summed E-state index contributed by atoms with van der Waals surface area (Å²) in [7, 11) is 2.02. The molecule has 0 aromatic heterocycles. The molecule has 0 heterocycles. The Morgan fingerprint density at radius 3 is 2.27 bits per heavy atom. The molecule has 0 radical (unpaired) electrons. The summed E-state index contributed by atoms with van der Waals surface area (Å²) in [6.07, 6.45) is 3.73. The van der Waals surface area contributed by atoms with Crippen LogP contribution in [-0.2, 0) is 4.74 Å². The van der Waals surface area contributed by atoms with Crippen LogP contribution in [-0.4, -0.2) is 26.3 Å². The largest absolute Gasteiger partial charge is 0.380 e. The van der Waals surface area contributed by atoms with Gasteiger partial charge in [-0.2, -0.15) is 0 Å². The first-order valence-electron chi connectivity index (χ1n) is 6.40. The predicted molar refractivity (Wildman–Crippen MR) is 67.2 cm³/mol. The van der Waals surface area contributed by atoms with Crippen molar-refractivity contribution in [1.29, 1.82) is 0 Å². The lowest BCUT2D eigenvalue weighted by Gasteiger charge is -2.23. The zero-order valence-corrected chi connectivity index (χ0v) is 11.2. The van der Waals surface area contributed by atoms with E-state index in [-0.39, 0.29) is 0 Å². The fraction of sp³-hybridized carbons (Fsp3) is 1.00. The molecule has 0 saturated heterocycles. The summed E-state index contributed by atoms with van der Waals surface area (Å²) >= 11 is 0. The Kier molecular flexibility index (Phi) is 9.12. The summed E-state index contributed by atoms with van der Waals surface area (Å²) in [4.78, 5) is 0. The maximum absolute atomic E-state index is 5.76. The molecule has 0 fully saturated rings. The summed E-state index contributed by atoms with van der Waals surface area (Å²) in [5.41, 5.74) is 0. The topological polar surface area (TPSA) is 21.3 Å². The minimum absolute atomic E-state index is 0.504. The molecule has 2 nitrogen and oxygen atoms in total. The molecule has 0 aromatic carbocycles. The average molecular weight is 215 g/mol. The van der Waals surface area contributed by atoms with Gasteiger partial charge in [-0.15, -0.1) is 0 Å². The summed E-state index contributed by atoms with van der Waals surface area (Å²) in [6.45, 7) is 10.8. The maximum Gasteiger partial charge on any atom is 0.0622 e. The Labute approximate surface area is 95.8 Å². The van der Waals surface area contributed by atoms with Gasteiger partial charge in [0.05, 0.1) is 6.61 Å². The average Bonchev–Trinajstić information content (AvgIpc) is 2.24. The van der Waals surface area contributed by atoms with E-state index in [9.17, 15) is 0 Å². The monoisotopic (exact) mass is 215 g/mol. The quantitative estimate of drug-likeness (QED) is 0.638. The van der Waals surface area contributed by atoms with Gasteiger partial charge in [-0.1, -0.05) is 40.5 Å². The number of hydrogen-bond donors (Lipinski definition) is 1. The third kappa shape index (κ3) is 6.91. The summed E-state index contributed by atoms with van der Waals surface area (Å²) in [6, 6.07) is 0.504. The van der Waals surface area contributed by atoms with Gasteiger partial charge in [0.15, 0.2) is 0 Å². The van der Waals surface area contributed by atoms with Gasteiger partial charge in [-0.05, 0) is 25.3 Å². The predicted octanol–water partition coefficient (Wildman–Crippen LogP) is 3.07. The SMILES string of the molecule is CCCC(C)COCC(NC)C(C)CC. The molecule has 15 heavy (non-hydrogen) atoms. The number of nitrogens with one attached hydrogen (secondary N) is 1. The van der Waals surface area contributed by atoms with Crippen molar-refractivity contribution in [3.05, 3.63) is 0 Å². The molecule has 0 spiro atoms. The molecule has 1 N–H and O–H groups in total. The highest BCUT2D eigenvalue weighted by molar-refractivity contribution is 4.70. The van der Waals surface area contributed by atoms with Gasteiger partial charge in [-0.3, -0.25) is 0 Å². The van der Waals surface area contributed by atoms with Crippen molar-refractivity contribution in [3.8, 4) is 0 Å². The first-order valence-corrected chi connectivity index (χ1v) is 6.40. The summed E-state index contributed by atoms with van der Waals surface area (Å²) < 4.78 is 5.76. The van der Waals surface area contributed by atoms with Gasteiger partial charge in [0.25, 0.3) is 0 Å². The lowest BCUT2D eigenvalue weighted by atomic mass is 10.0. The van der Waals surface area contributed by atoms with Crippen LogP contribution in [0.3, 0.4) is 0 Å². The molecule has 0 bridgehead atoms. The van der Waals surface area contributed by atoms with Gasteiger partial charge >= 0.3 is 0 Å². The maximum atomic E-state index is 5.76. The zero-order chi connectivity index (χ0) is 11.7. The second-order valence-electron chi connectivity index (χ2n) is 4.71. The Morgan fingerprint density at radius 1 is 1.13 bits per heavy atom. The van der Waals surface area contributed by atoms with Crippen molar-refractivity contribution < 1.29 is 4.74 Å². The zero-order valence-electron chi connectivity index (χ0n) is 11.2. The number of likely N-dealkylation sites (N-methyl/N-ethyl adjacent to an activating group) is 1.